The first-order valence-electron chi connectivity index (χ1n) is 12.9. The van der Waals surface area contributed by atoms with Crippen LogP contribution in [-0.4, -0.2) is 49.1 Å². The number of nitrogens with zero attached hydrogens (tertiary/aromatic N) is 1. The summed E-state index contributed by atoms with van der Waals surface area (Å²) in [6, 6.07) is -4.85. The SMILES string of the molecule is [2H]c1c(C([2H])([2H])[C@@H]2N([2H])C(=O)OC2([2H])[2H])c([2H])c2c(C([2H])([2H])CN(C)C([2H])([2H])[2H])cn([2H])c2c1[2H]. The third-order valence-corrected chi connectivity index (χ3v) is 2.66. The molecule has 0 bridgehead atoms. The number of nitrogens with one attached hydrogen (secondary N) is 2. The molecule has 2 heterocycles. The Morgan fingerprint density at radius 1 is 1.71 bits per heavy atom. The van der Waals surface area contributed by atoms with Crippen LogP contribution in [0.25, 0.3) is 10.9 Å². The first-order chi connectivity index (χ1) is 15.7. The van der Waals surface area contributed by atoms with Gasteiger partial charge < -0.3 is 19.9 Å². The minimum absolute atomic E-state index is 0.103. The van der Waals surface area contributed by atoms with Gasteiger partial charge in [-0.05, 0) is 50.0 Å². The van der Waals surface area contributed by atoms with E-state index in [9.17, 15) is 4.79 Å². The molecule has 5 nitrogen and oxygen atoms in total. The average molecular weight is 301 g/mol. The molecule has 3 rings (SSSR count). The fourth-order valence-corrected chi connectivity index (χ4v) is 1.76. The van der Waals surface area contributed by atoms with Gasteiger partial charge in [0.25, 0.3) is 0 Å². The highest BCUT2D eigenvalue weighted by molar-refractivity contribution is 5.84. The van der Waals surface area contributed by atoms with E-state index in [4.69, 9.17) is 19.3 Å². The standard InChI is InChI=1S/C16H21N3O2/c1-19(2)6-5-12-9-17-15-4-3-11(8-14(12)15)7-13-10-21-16(20)18-13/h3-4,8-9,13,17H,5-7,10H2,1-2H3,(H,18,20)/t13-/m0/s1/i1D3,3D,4D,5D2,7D2,8D,10D2/hD2. The van der Waals surface area contributed by atoms with Crippen LogP contribution in [0, 0.1) is 0 Å². The number of cyclic esters (lactones) is 1. The number of ether oxygens (including phenoxy) is 1. The third-order valence-electron chi connectivity index (χ3n) is 2.66. The fraction of sp³-hybridized carbons (Fsp3) is 0.438. The molecule has 1 fully saturated rings. The third kappa shape index (κ3) is 3.19. The van der Waals surface area contributed by atoms with Gasteiger partial charge in [-0.1, -0.05) is 6.04 Å². The lowest BCUT2D eigenvalue weighted by molar-refractivity contribution is 0.177. The molecule has 112 valence electrons. The van der Waals surface area contributed by atoms with Gasteiger partial charge in [-0.25, -0.2) is 4.79 Å². The van der Waals surface area contributed by atoms with Crippen LogP contribution in [0.4, 0.5) is 4.79 Å². The number of hydrogen-bond acceptors (Lipinski definition) is 3. The van der Waals surface area contributed by atoms with Gasteiger partial charge in [-0.15, -0.1) is 0 Å². The summed E-state index contributed by atoms with van der Waals surface area (Å²) in [7, 11) is 1.14. The van der Waals surface area contributed by atoms with E-state index < -0.39 is 85.1 Å². The van der Waals surface area contributed by atoms with E-state index in [1.807, 2.05) is 0 Å². The number of likely N-dealkylation sites (N-methyl/N-ethyl adjacent to an activating group) is 1. The summed E-state index contributed by atoms with van der Waals surface area (Å²) in [5, 5.41) is -0.556. The number of carbonyl (C=O) groups excluding carboxylic acids is 1. The van der Waals surface area contributed by atoms with Gasteiger partial charge in [0.1, 0.15) is 6.56 Å². The number of fused-ring (bicyclic) bond motifs is 1. The van der Waals surface area contributed by atoms with E-state index in [-0.39, 0.29) is 5.31 Å². The molecule has 5 heteroatoms. The molecule has 1 atom stereocenters. The molecule has 1 aliphatic rings. The second-order valence-electron chi connectivity index (χ2n) is 4.34. The van der Waals surface area contributed by atoms with Crippen LogP contribution in [0.3, 0.4) is 0 Å². The Labute approximate surface area is 144 Å². The van der Waals surface area contributed by atoms with Crippen molar-refractivity contribution in [3.05, 3.63) is 35.5 Å². The van der Waals surface area contributed by atoms with Crippen molar-refractivity contribution in [1.29, 1.82) is 0 Å². The summed E-state index contributed by atoms with van der Waals surface area (Å²) in [6.07, 6.45) is -6.27. The number of rotatable bonds is 5. The molecule has 1 aliphatic heterocycles. The van der Waals surface area contributed by atoms with Gasteiger partial charge in [0.15, 0.2) is 2.82 Å². The number of alkyl carbamates (subject to hydrolysis) is 1. The van der Waals surface area contributed by atoms with Gasteiger partial charge in [0.2, 0.25) is 0 Å². The molecule has 0 aliphatic carbocycles. The molecule has 0 unspecified atom stereocenters. The Balaban J connectivity index is 2.32. The van der Waals surface area contributed by atoms with Gasteiger partial charge in [-0.3, -0.25) is 0 Å². The molecule has 0 radical (unpaired) electrons. The molecule has 0 saturated carbocycles. The second kappa shape index (κ2) is 5.77. The molecule has 2 N–H and O–H groups in total. The lowest BCUT2D eigenvalue weighted by Gasteiger charge is -2.09. The molecule has 0 spiro atoms. The summed E-state index contributed by atoms with van der Waals surface area (Å²) >= 11 is 0. The smallest absolute Gasteiger partial charge is 0.407 e. The maximum Gasteiger partial charge on any atom is 0.407 e. The van der Waals surface area contributed by atoms with Gasteiger partial charge in [0, 0.05) is 33.2 Å². The van der Waals surface area contributed by atoms with Crippen LogP contribution in [0.2, 0.25) is 2.82 Å². The minimum Gasteiger partial charge on any atom is -0.447 e. The first-order valence-corrected chi connectivity index (χ1v) is 6.03. The van der Waals surface area contributed by atoms with Gasteiger partial charge in [-0.2, -0.15) is 0 Å². The largest absolute Gasteiger partial charge is 0.447 e. The molecule has 1 saturated heterocycles. The Morgan fingerprint density at radius 2 is 2.62 bits per heavy atom. The summed E-state index contributed by atoms with van der Waals surface area (Å²) in [5.41, 5.74) is -1.75. The fourth-order valence-electron chi connectivity index (χ4n) is 1.76. The first kappa shape index (κ1) is 5.02. The van der Waals surface area contributed by atoms with E-state index >= 15 is 0 Å². The number of hydrogen-bond donors (Lipinski definition) is 2. The van der Waals surface area contributed by atoms with Crippen LogP contribution in [-0.2, 0) is 17.5 Å². The van der Waals surface area contributed by atoms with Crippen molar-refractivity contribution in [2.24, 2.45) is 0 Å². The maximum absolute atomic E-state index is 11.8. The van der Waals surface area contributed by atoms with Crippen LogP contribution in [0.15, 0.2) is 24.3 Å². The van der Waals surface area contributed by atoms with Crippen molar-refractivity contribution in [2.45, 2.75) is 18.8 Å². The molecular formula is C16H21N3O2. The summed E-state index contributed by atoms with van der Waals surface area (Å²) < 4.78 is 117. The van der Waals surface area contributed by atoms with Crippen LogP contribution < -0.4 is 5.31 Å². The second-order valence-corrected chi connectivity index (χ2v) is 4.34. The van der Waals surface area contributed by atoms with Crippen molar-refractivity contribution < 1.29 is 28.8 Å². The average Bonchev–Trinajstić information content (AvgIpc) is 3.12. The molecule has 1 aromatic carbocycles. The number of aromatic amines is 1. The van der Waals surface area contributed by atoms with Crippen molar-refractivity contribution in [3.63, 3.8) is 0 Å². The molecule has 1 amide bonds. The zero-order valence-corrected chi connectivity index (χ0v) is 11.0. The lowest BCUT2D eigenvalue weighted by atomic mass is 10.0. The molecule has 2 aromatic rings. The van der Waals surface area contributed by atoms with Crippen molar-refractivity contribution in [1.82, 2.24) is 15.2 Å². The number of aromatic nitrogens is 1. The predicted octanol–water partition coefficient (Wildman–Crippen LogP) is 1.92. The quantitative estimate of drug-likeness (QED) is 0.887. The van der Waals surface area contributed by atoms with Crippen LogP contribution >= 0.6 is 0 Å². The Kier molecular flexibility index (Phi) is 1.38. The van der Waals surface area contributed by atoms with E-state index in [0.29, 0.717) is 4.98 Å². The molecular weight excluding hydrogens is 266 g/mol. The topological polar surface area (TPSA) is 57.4 Å². The number of amides is 1. The van der Waals surface area contributed by atoms with Gasteiger partial charge >= 0.3 is 6.09 Å². The summed E-state index contributed by atoms with van der Waals surface area (Å²) in [5.74, 6) is 0. The number of benzene rings is 1. The summed E-state index contributed by atoms with van der Waals surface area (Å²) in [6.45, 7) is -6.44. The Bertz CT molecular complexity index is 1190. The molecule has 21 heavy (non-hydrogen) atoms. The minimum atomic E-state index is -3.14. The highest BCUT2D eigenvalue weighted by atomic mass is 16.6. The zero-order valence-electron chi connectivity index (χ0n) is 25.0. The Morgan fingerprint density at radius 3 is 3.38 bits per heavy atom. The number of carbonyl (C=O) groups is 1. The van der Waals surface area contributed by atoms with Crippen molar-refractivity contribution in [3.8, 4) is 0 Å². The maximum atomic E-state index is 11.8. The lowest BCUT2D eigenvalue weighted by Crippen LogP contribution is -2.28. The monoisotopic (exact) mass is 301 g/mol. The van der Waals surface area contributed by atoms with E-state index in [1.54, 1.807) is 0 Å². The van der Waals surface area contributed by atoms with Crippen molar-refractivity contribution in [2.75, 3.05) is 27.1 Å². The Hall–Kier alpha value is -2.01. The predicted molar refractivity (Wildman–Crippen MR) is 82.5 cm³/mol. The van der Waals surface area contributed by atoms with Crippen molar-refractivity contribution >= 4 is 17.0 Å². The zero-order chi connectivity index (χ0) is 27.0. The van der Waals surface area contributed by atoms with Crippen LogP contribution in [0.5, 0.6) is 0 Å². The summed E-state index contributed by atoms with van der Waals surface area (Å²) in [4.78, 5) is 13.0. The highest BCUT2D eigenvalue weighted by Gasteiger charge is 2.22. The normalized spacial score (nSPS) is 32.8. The van der Waals surface area contributed by atoms with Gasteiger partial charge in [0.05, 0.1) is 12.9 Å². The van der Waals surface area contributed by atoms with E-state index in [1.165, 1.54) is 0 Å². The van der Waals surface area contributed by atoms with E-state index in [2.05, 4.69) is 4.74 Å². The van der Waals surface area contributed by atoms with Crippen LogP contribution in [0.1, 0.15) is 27.6 Å². The highest BCUT2D eigenvalue weighted by Crippen LogP contribution is 2.21. The molecule has 1 aromatic heterocycles. The number of H-pyrrole nitrogens is 1. The van der Waals surface area contributed by atoms with E-state index in [0.717, 1.165) is 18.1 Å².